The molecule has 0 spiro atoms. The summed E-state index contributed by atoms with van der Waals surface area (Å²) in [5, 5.41) is 5.98. The summed E-state index contributed by atoms with van der Waals surface area (Å²) in [6, 6.07) is 8.45. The van der Waals surface area contributed by atoms with Crippen LogP contribution in [0.3, 0.4) is 0 Å². The largest absolute Gasteiger partial charge is 0.348 e. The zero-order valence-electron chi connectivity index (χ0n) is 10.9. The Morgan fingerprint density at radius 1 is 1.24 bits per heavy atom. The monoisotopic (exact) mass is 234 g/mol. The topological polar surface area (TPSA) is 41.1 Å². The number of rotatable bonds is 6. The van der Waals surface area contributed by atoms with Gasteiger partial charge in [-0.15, -0.1) is 0 Å². The van der Waals surface area contributed by atoms with E-state index in [0.717, 1.165) is 18.5 Å². The Hall–Kier alpha value is -1.35. The first kappa shape index (κ1) is 13.7. The molecule has 1 amide bonds. The van der Waals surface area contributed by atoms with E-state index in [-0.39, 0.29) is 11.9 Å². The van der Waals surface area contributed by atoms with Gasteiger partial charge in [-0.1, -0.05) is 38.1 Å². The van der Waals surface area contributed by atoms with Crippen LogP contribution >= 0.6 is 0 Å². The maximum atomic E-state index is 11.5. The number of carbonyl (C=O) groups excluding carboxylic acids is 1. The van der Waals surface area contributed by atoms with Crippen LogP contribution in [0.5, 0.6) is 0 Å². The number of amides is 1. The van der Waals surface area contributed by atoms with Gasteiger partial charge in [0.1, 0.15) is 0 Å². The molecule has 1 unspecified atom stereocenters. The lowest BCUT2D eigenvalue weighted by molar-refractivity contribution is -0.120. The van der Waals surface area contributed by atoms with Crippen LogP contribution in [0.15, 0.2) is 24.3 Å². The van der Waals surface area contributed by atoms with Crippen molar-refractivity contribution in [3.05, 3.63) is 35.4 Å². The van der Waals surface area contributed by atoms with Gasteiger partial charge in [0.15, 0.2) is 0 Å². The van der Waals surface area contributed by atoms with Crippen molar-refractivity contribution in [1.29, 1.82) is 0 Å². The van der Waals surface area contributed by atoms with Gasteiger partial charge in [0.2, 0.25) is 5.91 Å². The molecule has 0 bridgehead atoms. The summed E-state index contributed by atoms with van der Waals surface area (Å²) in [6.45, 7) is 7.32. The highest BCUT2D eigenvalue weighted by atomic mass is 16.1. The molecule has 0 heterocycles. The molecule has 0 aromatic heterocycles. The highest BCUT2D eigenvalue weighted by Gasteiger charge is 2.08. The molecule has 2 N–H and O–H groups in total. The molecule has 0 saturated heterocycles. The van der Waals surface area contributed by atoms with Crippen LogP contribution in [0.1, 0.15) is 37.9 Å². The van der Waals surface area contributed by atoms with E-state index in [2.05, 4.69) is 41.8 Å². The molecule has 94 valence electrons. The Bertz CT molecular complexity index is 346. The summed E-state index contributed by atoms with van der Waals surface area (Å²) in [5.74, 6) is 0.0407. The Morgan fingerprint density at radius 2 is 1.88 bits per heavy atom. The minimum atomic E-state index is 0.0407. The third-order valence-corrected chi connectivity index (χ3v) is 2.80. The third-order valence-electron chi connectivity index (χ3n) is 2.80. The molecular formula is C14H22N2O. The van der Waals surface area contributed by atoms with Crippen LogP contribution < -0.4 is 10.6 Å². The number of carbonyl (C=O) groups is 1. The number of aryl methyl sites for hydroxylation is 1. The van der Waals surface area contributed by atoms with Crippen molar-refractivity contribution in [2.75, 3.05) is 13.1 Å². The second-order valence-corrected chi connectivity index (χ2v) is 4.16. The zero-order valence-corrected chi connectivity index (χ0v) is 10.9. The molecule has 0 fully saturated rings. The number of nitrogens with one attached hydrogen (secondary N) is 2. The summed E-state index contributed by atoms with van der Waals surface area (Å²) in [5.41, 5.74) is 2.46. The van der Waals surface area contributed by atoms with Crippen molar-refractivity contribution >= 4 is 5.91 Å². The van der Waals surface area contributed by atoms with Gasteiger partial charge in [0.05, 0.1) is 12.6 Å². The van der Waals surface area contributed by atoms with Crippen LogP contribution in [0.2, 0.25) is 0 Å². The minimum Gasteiger partial charge on any atom is -0.348 e. The van der Waals surface area contributed by atoms with Crippen LogP contribution in [-0.4, -0.2) is 19.0 Å². The van der Waals surface area contributed by atoms with Gasteiger partial charge in [-0.2, -0.15) is 0 Å². The normalized spacial score (nSPS) is 12.2. The van der Waals surface area contributed by atoms with Crippen LogP contribution in [-0.2, 0) is 11.2 Å². The van der Waals surface area contributed by atoms with E-state index < -0.39 is 0 Å². The summed E-state index contributed by atoms with van der Waals surface area (Å²) < 4.78 is 0. The maximum absolute atomic E-state index is 11.5. The zero-order chi connectivity index (χ0) is 12.7. The molecule has 1 rings (SSSR count). The van der Waals surface area contributed by atoms with Crippen molar-refractivity contribution in [3.8, 4) is 0 Å². The molecule has 0 aliphatic heterocycles. The van der Waals surface area contributed by atoms with Crippen LogP contribution in [0.25, 0.3) is 0 Å². The summed E-state index contributed by atoms with van der Waals surface area (Å²) in [4.78, 5) is 11.5. The number of likely N-dealkylation sites (N-methyl/N-ethyl adjacent to an activating group) is 1. The smallest absolute Gasteiger partial charge is 0.234 e. The Morgan fingerprint density at radius 3 is 2.41 bits per heavy atom. The van der Waals surface area contributed by atoms with Crippen LogP contribution in [0.4, 0.5) is 0 Å². The second kappa shape index (κ2) is 7.07. The highest BCUT2D eigenvalue weighted by molar-refractivity contribution is 5.78. The van der Waals surface area contributed by atoms with Gasteiger partial charge in [0.25, 0.3) is 0 Å². The number of hydrogen-bond acceptors (Lipinski definition) is 2. The molecule has 17 heavy (non-hydrogen) atoms. The van der Waals surface area contributed by atoms with Gasteiger partial charge in [-0.05, 0) is 31.0 Å². The first-order valence-electron chi connectivity index (χ1n) is 6.26. The van der Waals surface area contributed by atoms with E-state index in [4.69, 9.17) is 0 Å². The van der Waals surface area contributed by atoms with Gasteiger partial charge in [-0.25, -0.2) is 0 Å². The predicted octanol–water partition coefficient (Wildman–Crippen LogP) is 2.04. The quantitative estimate of drug-likeness (QED) is 0.791. The molecule has 1 atom stereocenters. The lowest BCUT2D eigenvalue weighted by atomic mass is 10.1. The van der Waals surface area contributed by atoms with E-state index >= 15 is 0 Å². The molecule has 0 aliphatic carbocycles. The molecule has 0 saturated carbocycles. The van der Waals surface area contributed by atoms with Gasteiger partial charge >= 0.3 is 0 Å². The van der Waals surface area contributed by atoms with E-state index in [1.165, 1.54) is 5.56 Å². The van der Waals surface area contributed by atoms with Gasteiger partial charge in [0, 0.05) is 0 Å². The van der Waals surface area contributed by atoms with Crippen LogP contribution in [0, 0.1) is 0 Å². The highest BCUT2D eigenvalue weighted by Crippen LogP contribution is 2.13. The lowest BCUT2D eigenvalue weighted by Gasteiger charge is -2.14. The SMILES string of the molecule is CCNCC(=O)NC(C)c1ccc(CC)cc1. The standard InChI is InChI=1S/C14H22N2O/c1-4-12-6-8-13(9-7-12)11(3)16-14(17)10-15-5-2/h6-9,11,15H,4-5,10H2,1-3H3,(H,16,17). The fourth-order valence-corrected chi connectivity index (χ4v) is 1.66. The summed E-state index contributed by atoms with van der Waals surface area (Å²) in [6.07, 6.45) is 1.04. The molecular weight excluding hydrogens is 212 g/mol. The molecule has 3 heteroatoms. The first-order chi connectivity index (χ1) is 8.17. The molecule has 0 radical (unpaired) electrons. The first-order valence-corrected chi connectivity index (χ1v) is 6.26. The van der Waals surface area contributed by atoms with E-state index in [0.29, 0.717) is 6.54 Å². The van der Waals surface area contributed by atoms with Crippen molar-refractivity contribution in [1.82, 2.24) is 10.6 Å². The van der Waals surface area contributed by atoms with E-state index in [1.807, 2.05) is 13.8 Å². The van der Waals surface area contributed by atoms with E-state index in [1.54, 1.807) is 0 Å². The maximum Gasteiger partial charge on any atom is 0.234 e. The minimum absolute atomic E-state index is 0.0407. The molecule has 1 aromatic rings. The van der Waals surface area contributed by atoms with E-state index in [9.17, 15) is 4.79 Å². The average Bonchev–Trinajstić information content (AvgIpc) is 2.36. The van der Waals surface area contributed by atoms with Crippen molar-refractivity contribution in [2.45, 2.75) is 33.2 Å². The Balaban J connectivity index is 2.51. The second-order valence-electron chi connectivity index (χ2n) is 4.16. The lowest BCUT2D eigenvalue weighted by Crippen LogP contribution is -2.35. The third kappa shape index (κ3) is 4.57. The van der Waals surface area contributed by atoms with Gasteiger partial charge < -0.3 is 10.6 Å². The number of benzene rings is 1. The Labute approximate surface area is 104 Å². The molecule has 1 aromatic carbocycles. The van der Waals surface area contributed by atoms with Crippen molar-refractivity contribution in [2.24, 2.45) is 0 Å². The Kier molecular flexibility index (Phi) is 5.70. The van der Waals surface area contributed by atoms with Crippen molar-refractivity contribution < 1.29 is 4.79 Å². The molecule has 0 aliphatic rings. The molecule has 3 nitrogen and oxygen atoms in total. The predicted molar refractivity (Wildman–Crippen MR) is 70.9 cm³/mol. The fraction of sp³-hybridized carbons (Fsp3) is 0.500. The summed E-state index contributed by atoms with van der Waals surface area (Å²) >= 11 is 0. The average molecular weight is 234 g/mol. The fourth-order valence-electron chi connectivity index (χ4n) is 1.66. The number of hydrogen-bond donors (Lipinski definition) is 2. The van der Waals surface area contributed by atoms with Crippen molar-refractivity contribution in [3.63, 3.8) is 0 Å². The van der Waals surface area contributed by atoms with Gasteiger partial charge in [-0.3, -0.25) is 4.79 Å². The summed E-state index contributed by atoms with van der Waals surface area (Å²) in [7, 11) is 0.